The third kappa shape index (κ3) is 2.01. The fraction of sp³-hybridized carbons (Fsp3) is 0.400. The van der Waals surface area contributed by atoms with E-state index in [9.17, 15) is 0 Å². The van der Waals surface area contributed by atoms with Gasteiger partial charge >= 0.3 is 0 Å². The van der Waals surface area contributed by atoms with E-state index < -0.39 is 0 Å². The maximum Gasteiger partial charge on any atom is 0.153 e. The summed E-state index contributed by atoms with van der Waals surface area (Å²) in [6.07, 6.45) is 0.859. The van der Waals surface area contributed by atoms with Crippen LogP contribution in [0.2, 0.25) is 0 Å². The highest BCUT2D eigenvalue weighted by Gasteiger charge is 2.07. The molecule has 0 unspecified atom stereocenters. The van der Waals surface area contributed by atoms with Gasteiger partial charge in [-0.3, -0.25) is 5.10 Å². The third-order valence-corrected chi connectivity index (χ3v) is 2.86. The van der Waals surface area contributed by atoms with Crippen molar-refractivity contribution < 1.29 is 0 Å². The molecule has 0 fully saturated rings. The number of H-pyrrole nitrogens is 1. The Balaban J connectivity index is 2.11. The minimum absolute atomic E-state index is 0.392. The van der Waals surface area contributed by atoms with Crippen LogP contribution in [-0.2, 0) is 6.42 Å². The van der Waals surface area contributed by atoms with Gasteiger partial charge in [0.1, 0.15) is 5.82 Å². The van der Waals surface area contributed by atoms with Crippen molar-refractivity contribution in [3.8, 4) is 0 Å². The van der Waals surface area contributed by atoms with Gasteiger partial charge in [-0.15, -0.1) is 11.3 Å². The normalized spacial score (nSPS) is 11.1. The van der Waals surface area contributed by atoms with E-state index >= 15 is 0 Å². The van der Waals surface area contributed by atoms with Gasteiger partial charge < -0.3 is 0 Å². The zero-order valence-corrected chi connectivity index (χ0v) is 9.14. The second-order valence-corrected chi connectivity index (χ2v) is 4.58. The highest BCUT2D eigenvalue weighted by molar-refractivity contribution is 7.09. The molecule has 0 saturated heterocycles. The summed E-state index contributed by atoms with van der Waals surface area (Å²) in [7, 11) is 0. The molecule has 3 nitrogen and oxygen atoms in total. The average Bonchev–Trinajstić information content (AvgIpc) is 2.75. The van der Waals surface area contributed by atoms with Gasteiger partial charge in [-0.25, -0.2) is 4.98 Å². The second-order valence-electron chi connectivity index (χ2n) is 3.55. The van der Waals surface area contributed by atoms with E-state index in [0.29, 0.717) is 5.92 Å². The number of hydrogen-bond donors (Lipinski definition) is 1. The molecular formula is C10H13N3S. The molecule has 4 heteroatoms. The topological polar surface area (TPSA) is 41.6 Å². The van der Waals surface area contributed by atoms with E-state index in [1.54, 1.807) is 11.3 Å². The van der Waals surface area contributed by atoms with E-state index in [1.165, 1.54) is 4.88 Å². The molecule has 2 aromatic heterocycles. The van der Waals surface area contributed by atoms with Crippen LogP contribution < -0.4 is 0 Å². The maximum absolute atomic E-state index is 4.42. The average molecular weight is 207 g/mol. The van der Waals surface area contributed by atoms with Crippen molar-refractivity contribution in [2.45, 2.75) is 26.2 Å². The summed E-state index contributed by atoms with van der Waals surface area (Å²) in [6.45, 7) is 4.19. The molecule has 0 saturated carbocycles. The number of nitrogens with zero attached hydrogens (tertiary/aromatic N) is 2. The summed E-state index contributed by atoms with van der Waals surface area (Å²) in [4.78, 5) is 5.74. The minimum atomic E-state index is 0.392. The Morgan fingerprint density at radius 2 is 2.36 bits per heavy atom. The van der Waals surface area contributed by atoms with Crippen LogP contribution >= 0.6 is 11.3 Å². The summed E-state index contributed by atoms with van der Waals surface area (Å²) in [5, 5.41) is 9.21. The Bertz CT molecular complexity index is 389. The van der Waals surface area contributed by atoms with Crippen LogP contribution in [0, 0.1) is 0 Å². The van der Waals surface area contributed by atoms with Crippen molar-refractivity contribution in [1.29, 1.82) is 0 Å². The lowest BCUT2D eigenvalue weighted by atomic mass is 10.2. The van der Waals surface area contributed by atoms with Gasteiger partial charge in [0.2, 0.25) is 0 Å². The molecule has 1 N–H and O–H groups in total. The fourth-order valence-electron chi connectivity index (χ4n) is 1.23. The van der Waals surface area contributed by atoms with Gasteiger partial charge in [0.05, 0.1) is 0 Å². The van der Waals surface area contributed by atoms with Gasteiger partial charge in [-0.2, -0.15) is 5.10 Å². The molecule has 0 aliphatic heterocycles. The lowest BCUT2D eigenvalue weighted by Gasteiger charge is -1.94. The zero-order valence-electron chi connectivity index (χ0n) is 8.32. The smallest absolute Gasteiger partial charge is 0.153 e. The van der Waals surface area contributed by atoms with Crippen molar-refractivity contribution in [3.63, 3.8) is 0 Å². The van der Waals surface area contributed by atoms with Gasteiger partial charge in [0, 0.05) is 17.2 Å². The first-order valence-corrected chi connectivity index (χ1v) is 5.57. The van der Waals surface area contributed by atoms with Crippen molar-refractivity contribution in [2.24, 2.45) is 0 Å². The molecule has 0 aliphatic rings. The first-order chi connectivity index (χ1) is 6.75. The van der Waals surface area contributed by atoms with Crippen LogP contribution in [0.5, 0.6) is 0 Å². The van der Waals surface area contributed by atoms with Crippen LogP contribution in [0.15, 0.2) is 17.5 Å². The largest absolute Gasteiger partial charge is 0.263 e. The first-order valence-electron chi connectivity index (χ1n) is 4.69. The van der Waals surface area contributed by atoms with Gasteiger partial charge in [-0.1, -0.05) is 19.9 Å². The number of aromatic amines is 1. The van der Waals surface area contributed by atoms with Gasteiger partial charge in [0.15, 0.2) is 5.82 Å². The highest BCUT2D eigenvalue weighted by Crippen LogP contribution is 2.14. The Morgan fingerprint density at radius 3 is 2.93 bits per heavy atom. The van der Waals surface area contributed by atoms with E-state index in [4.69, 9.17) is 0 Å². The molecule has 2 rings (SSSR count). The molecule has 0 aliphatic carbocycles. The number of hydrogen-bond acceptors (Lipinski definition) is 3. The fourth-order valence-corrected chi connectivity index (χ4v) is 1.93. The SMILES string of the molecule is CC(C)c1n[nH]c(Cc2cccs2)n1. The number of rotatable bonds is 3. The molecule has 74 valence electrons. The van der Waals surface area contributed by atoms with Crippen LogP contribution in [0.25, 0.3) is 0 Å². The second kappa shape index (κ2) is 3.92. The molecule has 0 amide bonds. The lowest BCUT2D eigenvalue weighted by molar-refractivity contribution is 0.780. The molecule has 14 heavy (non-hydrogen) atoms. The molecule has 0 atom stereocenters. The van der Waals surface area contributed by atoms with E-state index in [0.717, 1.165) is 18.1 Å². The quantitative estimate of drug-likeness (QED) is 0.840. The lowest BCUT2D eigenvalue weighted by Crippen LogP contribution is -1.91. The number of aromatic nitrogens is 3. The summed E-state index contributed by atoms with van der Waals surface area (Å²) in [6, 6.07) is 4.17. The number of thiophene rings is 1. The summed E-state index contributed by atoms with van der Waals surface area (Å²) >= 11 is 1.75. The molecule has 2 aromatic rings. The Morgan fingerprint density at radius 1 is 1.50 bits per heavy atom. The molecule has 0 spiro atoms. The molecule has 2 heterocycles. The van der Waals surface area contributed by atoms with Crippen LogP contribution in [0.3, 0.4) is 0 Å². The Kier molecular flexibility index (Phi) is 2.63. The van der Waals surface area contributed by atoms with Crippen LogP contribution in [0.4, 0.5) is 0 Å². The predicted octanol–water partition coefficient (Wildman–Crippen LogP) is 2.58. The molecule has 0 radical (unpaired) electrons. The number of nitrogens with one attached hydrogen (secondary N) is 1. The third-order valence-electron chi connectivity index (χ3n) is 1.99. The van der Waals surface area contributed by atoms with Crippen molar-refractivity contribution in [2.75, 3.05) is 0 Å². The highest BCUT2D eigenvalue weighted by atomic mass is 32.1. The molecule has 0 aromatic carbocycles. The van der Waals surface area contributed by atoms with Crippen LogP contribution in [0.1, 0.15) is 36.3 Å². The monoisotopic (exact) mass is 207 g/mol. The van der Waals surface area contributed by atoms with E-state index in [1.807, 2.05) is 0 Å². The maximum atomic E-state index is 4.42. The molecule has 0 bridgehead atoms. The predicted molar refractivity (Wildman–Crippen MR) is 57.6 cm³/mol. The van der Waals surface area contributed by atoms with E-state index in [2.05, 4.69) is 46.5 Å². The van der Waals surface area contributed by atoms with Crippen molar-refractivity contribution in [3.05, 3.63) is 34.0 Å². The summed E-state index contributed by atoms with van der Waals surface area (Å²) in [5.41, 5.74) is 0. The van der Waals surface area contributed by atoms with Crippen molar-refractivity contribution >= 4 is 11.3 Å². The zero-order chi connectivity index (χ0) is 9.97. The standard InChI is InChI=1S/C10H13N3S/c1-7(2)10-11-9(12-13-10)6-8-4-3-5-14-8/h3-5,7H,6H2,1-2H3,(H,11,12,13). The summed E-state index contributed by atoms with van der Waals surface area (Å²) < 4.78 is 0. The minimum Gasteiger partial charge on any atom is -0.263 e. The van der Waals surface area contributed by atoms with E-state index in [-0.39, 0.29) is 0 Å². The Labute approximate surface area is 87.2 Å². The van der Waals surface area contributed by atoms with Gasteiger partial charge in [0.25, 0.3) is 0 Å². The van der Waals surface area contributed by atoms with Crippen LogP contribution in [-0.4, -0.2) is 15.2 Å². The Hall–Kier alpha value is -1.16. The summed E-state index contributed by atoms with van der Waals surface area (Å²) in [5.74, 6) is 2.25. The molecular weight excluding hydrogens is 194 g/mol. The van der Waals surface area contributed by atoms with Crippen molar-refractivity contribution in [1.82, 2.24) is 15.2 Å². The first kappa shape index (κ1) is 9.40. The van der Waals surface area contributed by atoms with Gasteiger partial charge in [-0.05, 0) is 11.4 Å².